The number of halogens is 2. The third-order valence-corrected chi connectivity index (χ3v) is 5.08. The number of aryl methyl sites for hydroxylation is 1. The lowest BCUT2D eigenvalue weighted by molar-refractivity contribution is 0.208. The second-order valence-electron chi connectivity index (χ2n) is 6.58. The molecule has 2 amide bonds. The number of nitrogens with zero attached hydrogens (tertiary/aromatic N) is 4. The summed E-state index contributed by atoms with van der Waals surface area (Å²) in [5.41, 5.74) is 1.37. The largest absolute Gasteiger partial charge is 0.377 e. The fourth-order valence-corrected chi connectivity index (χ4v) is 3.40. The number of hydrogen-bond acceptors (Lipinski definition) is 5. The molecule has 1 N–H and O–H groups in total. The SMILES string of the molecule is Cc1nsc(NC(=O)N2CCC(=Cc3c(F)cc(N(C)C)cc3F)CC2)n1. The minimum atomic E-state index is -0.585. The molecule has 2 heterocycles. The van der Waals surface area contributed by atoms with E-state index >= 15 is 0 Å². The van der Waals surface area contributed by atoms with E-state index in [4.69, 9.17) is 0 Å². The van der Waals surface area contributed by atoms with E-state index in [1.807, 2.05) is 0 Å². The van der Waals surface area contributed by atoms with E-state index in [1.165, 1.54) is 12.1 Å². The molecule has 27 heavy (non-hydrogen) atoms. The fraction of sp³-hybridized carbons (Fsp3) is 0.389. The van der Waals surface area contributed by atoms with Crippen molar-refractivity contribution in [1.82, 2.24) is 14.3 Å². The molecule has 6 nitrogen and oxygen atoms in total. The van der Waals surface area contributed by atoms with Gasteiger partial charge in [-0.05, 0) is 38.0 Å². The third-order valence-electron chi connectivity index (χ3n) is 4.36. The Labute approximate surface area is 160 Å². The fourth-order valence-electron chi connectivity index (χ4n) is 2.83. The summed E-state index contributed by atoms with van der Waals surface area (Å²) in [5.74, 6) is -0.556. The van der Waals surface area contributed by atoms with E-state index in [-0.39, 0.29) is 11.6 Å². The predicted molar refractivity (Wildman–Crippen MR) is 103 cm³/mol. The maximum Gasteiger partial charge on any atom is 0.323 e. The first kappa shape index (κ1) is 19.2. The number of hydrogen-bond donors (Lipinski definition) is 1. The van der Waals surface area contributed by atoms with Crippen molar-refractivity contribution >= 4 is 34.5 Å². The zero-order chi connectivity index (χ0) is 19.6. The first-order valence-corrected chi connectivity index (χ1v) is 9.33. The number of amides is 2. The molecule has 9 heteroatoms. The van der Waals surface area contributed by atoms with Crippen LogP contribution in [0.3, 0.4) is 0 Å². The van der Waals surface area contributed by atoms with Gasteiger partial charge in [-0.25, -0.2) is 18.6 Å². The molecule has 1 saturated heterocycles. The summed E-state index contributed by atoms with van der Waals surface area (Å²) in [6.45, 7) is 2.72. The monoisotopic (exact) mass is 393 g/mol. The summed E-state index contributed by atoms with van der Waals surface area (Å²) in [4.78, 5) is 19.7. The Kier molecular flexibility index (Phi) is 5.69. The van der Waals surface area contributed by atoms with Gasteiger partial charge in [0.1, 0.15) is 17.5 Å². The molecule has 0 radical (unpaired) electrons. The van der Waals surface area contributed by atoms with E-state index in [0.717, 1.165) is 17.1 Å². The summed E-state index contributed by atoms with van der Waals surface area (Å²) in [6, 6.07) is 2.40. The molecule has 0 bridgehead atoms. The number of rotatable bonds is 3. The molecule has 0 spiro atoms. The number of nitrogens with one attached hydrogen (secondary N) is 1. The second kappa shape index (κ2) is 7.99. The zero-order valence-electron chi connectivity index (χ0n) is 15.4. The lowest BCUT2D eigenvalue weighted by atomic mass is 10.0. The molecule has 3 rings (SSSR count). The molecule has 0 atom stereocenters. The average molecular weight is 393 g/mol. The van der Waals surface area contributed by atoms with Crippen molar-refractivity contribution in [2.45, 2.75) is 19.8 Å². The molecule has 1 aliphatic rings. The van der Waals surface area contributed by atoms with Gasteiger partial charge in [-0.2, -0.15) is 4.37 Å². The van der Waals surface area contributed by atoms with Gasteiger partial charge in [0, 0.05) is 50.0 Å². The maximum absolute atomic E-state index is 14.3. The Morgan fingerprint density at radius 1 is 1.26 bits per heavy atom. The highest BCUT2D eigenvalue weighted by molar-refractivity contribution is 7.09. The van der Waals surface area contributed by atoms with Crippen LogP contribution in [0.2, 0.25) is 0 Å². The smallest absolute Gasteiger partial charge is 0.323 e. The van der Waals surface area contributed by atoms with Crippen LogP contribution < -0.4 is 10.2 Å². The molecule has 1 aliphatic heterocycles. The summed E-state index contributed by atoms with van der Waals surface area (Å²) in [7, 11) is 3.46. The predicted octanol–water partition coefficient (Wildman–Crippen LogP) is 3.90. The Morgan fingerprint density at radius 2 is 1.89 bits per heavy atom. The van der Waals surface area contributed by atoms with Crippen LogP contribution in [0.4, 0.5) is 24.4 Å². The molecule has 144 valence electrons. The van der Waals surface area contributed by atoms with Gasteiger partial charge in [-0.15, -0.1) is 0 Å². The van der Waals surface area contributed by atoms with Crippen molar-refractivity contribution < 1.29 is 13.6 Å². The molecule has 0 unspecified atom stereocenters. The lowest BCUT2D eigenvalue weighted by Crippen LogP contribution is -2.39. The van der Waals surface area contributed by atoms with Gasteiger partial charge in [0.2, 0.25) is 5.13 Å². The number of carbonyl (C=O) groups is 1. The number of likely N-dealkylation sites (tertiary alicyclic amines) is 1. The van der Waals surface area contributed by atoms with Crippen LogP contribution >= 0.6 is 11.5 Å². The number of carbonyl (C=O) groups excluding carboxylic acids is 1. The highest BCUT2D eigenvalue weighted by atomic mass is 32.1. The van der Waals surface area contributed by atoms with Crippen LogP contribution in [0, 0.1) is 18.6 Å². The van der Waals surface area contributed by atoms with Gasteiger partial charge >= 0.3 is 6.03 Å². The standard InChI is InChI=1S/C18H21F2N5OS/c1-11-21-17(27-23-11)22-18(26)25-6-4-12(5-7-25)8-14-15(19)9-13(24(2)3)10-16(14)20/h8-10H,4-7H2,1-3H3,(H,21,22,23,26). The molecule has 1 fully saturated rings. The van der Waals surface area contributed by atoms with Gasteiger partial charge in [0.15, 0.2) is 0 Å². The Balaban J connectivity index is 1.64. The molecule has 1 aromatic heterocycles. The summed E-state index contributed by atoms with van der Waals surface area (Å²) >= 11 is 1.13. The molecular formula is C18H21F2N5OS. The number of benzene rings is 1. The highest BCUT2D eigenvalue weighted by Crippen LogP contribution is 2.26. The topological polar surface area (TPSA) is 61.4 Å². The molecule has 2 aromatic rings. The highest BCUT2D eigenvalue weighted by Gasteiger charge is 2.21. The first-order valence-electron chi connectivity index (χ1n) is 8.55. The van der Waals surface area contributed by atoms with Gasteiger partial charge in [-0.3, -0.25) is 5.32 Å². The molecule has 1 aromatic carbocycles. The van der Waals surface area contributed by atoms with Crippen molar-refractivity contribution in [3.8, 4) is 0 Å². The van der Waals surface area contributed by atoms with Crippen molar-refractivity contribution in [3.63, 3.8) is 0 Å². The van der Waals surface area contributed by atoms with Gasteiger partial charge in [0.05, 0.1) is 0 Å². The van der Waals surface area contributed by atoms with Gasteiger partial charge < -0.3 is 9.80 Å². The third kappa shape index (κ3) is 4.60. The Hall–Kier alpha value is -2.55. The minimum absolute atomic E-state index is 0.0298. The van der Waals surface area contributed by atoms with Crippen LogP contribution in [0.15, 0.2) is 17.7 Å². The van der Waals surface area contributed by atoms with Crippen LogP contribution in [0.1, 0.15) is 24.2 Å². The van der Waals surface area contributed by atoms with E-state index in [0.29, 0.717) is 42.6 Å². The first-order chi connectivity index (χ1) is 12.8. The van der Waals surface area contributed by atoms with Crippen LogP contribution in [0.25, 0.3) is 6.08 Å². The van der Waals surface area contributed by atoms with Crippen molar-refractivity contribution in [2.75, 3.05) is 37.4 Å². The van der Waals surface area contributed by atoms with Crippen molar-refractivity contribution in [1.29, 1.82) is 0 Å². The molecule has 0 saturated carbocycles. The number of piperidine rings is 1. The summed E-state index contributed by atoms with van der Waals surface area (Å²) in [5, 5.41) is 3.18. The quantitative estimate of drug-likeness (QED) is 0.859. The summed E-state index contributed by atoms with van der Waals surface area (Å²) < 4.78 is 32.6. The van der Waals surface area contributed by atoms with Gasteiger partial charge in [0.25, 0.3) is 0 Å². The van der Waals surface area contributed by atoms with Crippen molar-refractivity contribution in [3.05, 3.63) is 40.7 Å². The number of aromatic nitrogens is 2. The van der Waals surface area contributed by atoms with E-state index in [2.05, 4.69) is 14.7 Å². The zero-order valence-corrected chi connectivity index (χ0v) is 16.2. The normalized spacial score (nSPS) is 14.3. The Morgan fingerprint density at radius 3 is 2.41 bits per heavy atom. The average Bonchev–Trinajstić information content (AvgIpc) is 3.03. The molecule has 0 aliphatic carbocycles. The van der Waals surface area contributed by atoms with Crippen LogP contribution in [0.5, 0.6) is 0 Å². The maximum atomic E-state index is 14.3. The summed E-state index contributed by atoms with van der Waals surface area (Å²) in [6.07, 6.45) is 2.70. The Bertz CT molecular complexity index is 847. The van der Waals surface area contributed by atoms with E-state index < -0.39 is 11.6 Å². The lowest BCUT2D eigenvalue weighted by Gasteiger charge is -2.28. The van der Waals surface area contributed by atoms with Crippen LogP contribution in [-0.4, -0.2) is 47.5 Å². The number of anilines is 2. The molecular weight excluding hydrogens is 372 g/mol. The van der Waals surface area contributed by atoms with Gasteiger partial charge in [-0.1, -0.05) is 5.57 Å². The van der Waals surface area contributed by atoms with Crippen LogP contribution in [-0.2, 0) is 0 Å². The second-order valence-corrected chi connectivity index (χ2v) is 7.34. The van der Waals surface area contributed by atoms with E-state index in [1.54, 1.807) is 36.9 Å². The number of urea groups is 1. The van der Waals surface area contributed by atoms with Crippen molar-refractivity contribution in [2.24, 2.45) is 0 Å². The minimum Gasteiger partial charge on any atom is -0.377 e. The van der Waals surface area contributed by atoms with E-state index in [9.17, 15) is 13.6 Å².